The number of anilines is 2. The number of carbonyl (C=O) groups is 1. The zero-order valence-electron chi connectivity index (χ0n) is 19.6. The number of carbonyl (C=O) groups excluding carboxylic acids is 1. The summed E-state index contributed by atoms with van der Waals surface area (Å²) in [6.07, 6.45) is 6.95. The Hall–Kier alpha value is -3.87. The van der Waals surface area contributed by atoms with Crippen molar-refractivity contribution in [3.63, 3.8) is 0 Å². The molecule has 3 aromatic rings. The lowest BCUT2D eigenvalue weighted by molar-refractivity contribution is -0.116. The first-order valence-electron chi connectivity index (χ1n) is 12.1. The van der Waals surface area contributed by atoms with Crippen molar-refractivity contribution in [2.45, 2.75) is 19.3 Å². The number of nitrogens with one attached hydrogen (secondary N) is 4. The van der Waals surface area contributed by atoms with Crippen LogP contribution in [0.25, 0.3) is 17.2 Å². The molecule has 6 heteroatoms. The van der Waals surface area contributed by atoms with Gasteiger partial charge in [0.15, 0.2) is 0 Å². The van der Waals surface area contributed by atoms with Gasteiger partial charge in [-0.15, -0.1) is 5.53 Å². The van der Waals surface area contributed by atoms with Gasteiger partial charge in [-0.25, -0.2) is 0 Å². The van der Waals surface area contributed by atoms with Crippen LogP contribution in [0.15, 0.2) is 78.9 Å². The molecule has 5 N–H and O–H groups in total. The van der Waals surface area contributed by atoms with Crippen LogP contribution in [0.5, 0.6) is 0 Å². The fraction of sp³-hybridized carbons (Fsp3) is 0.207. The number of aliphatic hydroxyl groups excluding tert-OH is 1. The number of allylic oxidation sites excluding steroid dienone is 1. The summed E-state index contributed by atoms with van der Waals surface area (Å²) in [5, 5.41) is 11.5. The smallest absolute Gasteiger partial charge is 0.244 e. The summed E-state index contributed by atoms with van der Waals surface area (Å²) >= 11 is 0. The third-order valence-corrected chi connectivity index (χ3v) is 6.61. The third kappa shape index (κ3) is 5.14. The summed E-state index contributed by atoms with van der Waals surface area (Å²) in [5.74, 6) is 0.313. The average Bonchev–Trinajstić information content (AvgIpc) is 3.34. The van der Waals surface area contributed by atoms with Gasteiger partial charge in [-0.05, 0) is 70.4 Å². The Labute approximate surface area is 205 Å². The molecule has 3 aromatic carbocycles. The minimum atomic E-state index is -0.215. The van der Waals surface area contributed by atoms with Crippen molar-refractivity contribution < 1.29 is 9.90 Å². The number of aliphatic hydroxyl groups is 1. The maximum atomic E-state index is 11.9. The molecule has 0 atom stereocenters. The molecule has 0 bridgehead atoms. The predicted molar refractivity (Wildman–Crippen MR) is 142 cm³/mol. The average molecular weight is 467 g/mol. The second kappa shape index (κ2) is 10.6. The molecule has 0 unspecified atom stereocenters. The van der Waals surface area contributed by atoms with Gasteiger partial charge in [0.1, 0.15) is 0 Å². The molecule has 1 heterocycles. The highest BCUT2D eigenvalue weighted by Gasteiger charge is 2.27. The molecule has 0 radical (unpaired) electrons. The molecular weight excluding hydrogens is 436 g/mol. The lowest BCUT2D eigenvalue weighted by atomic mass is 9.73. The van der Waals surface area contributed by atoms with Crippen LogP contribution in [-0.4, -0.2) is 24.2 Å². The van der Waals surface area contributed by atoms with E-state index >= 15 is 0 Å². The molecule has 6 nitrogen and oxygen atoms in total. The highest BCUT2D eigenvalue weighted by molar-refractivity contribution is 6.01. The largest absolute Gasteiger partial charge is 0.395 e. The maximum absolute atomic E-state index is 11.9. The number of hydrazine groups is 2. The van der Waals surface area contributed by atoms with Gasteiger partial charge in [0.2, 0.25) is 5.91 Å². The van der Waals surface area contributed by atoms with Gasteiger partial charge in [-0.2, -0.15) is 0 Å². The van der Waals surface area contributed by atoms with Crippen molar-refractivity contribution in [2.24, 2.45) is 5.92 Å². The SMILES string of the molecule is O=C(/C=C/c1ccc(/C(=C(\c2ccccc2)C2CCC2)c2ccc3c(c2)NNN3)cc1)NCCO. The van der Waals surface area contributed by atoms with Gasteiger partial charge in [-0.1, -0.05) is 67.1 Å². The molecule has 1 amide bonds. The Balaban J connectivity index is 1.57. The van der Waals surface area contributed by atoms with E-state index in [4.69, 9.17) is 5.11 Å². The van der Waals surface area contributed by atoms with E-state index in [1.54, 1.807) is 6.08 Å². The number of rotatable bonds is 8. The zero-order valence-corrected chi connectivity index (χ0v) is 19.6. The van der Waals surface area contributed by atoms with Crippen molar-refractivity contribution >= 4 is 34.5 Å². The van der Waals surface area contributed by atoms with Crippen molar-refractivity contribution in [3.05, 3.63) is 101 Å². The quantitative estimate of drug-likeness (QED) is 0.243. The topological polar surface area (TPSA) is 85.4 Å². The first-order valence-corrected chi connectivity index (χ1v) is 12.1. The summed E-state index contributed by atoms with van der Waals surface area (Å²) in [4.78, 5) is 11.9. The number of benzene rings is 3. The summed E-state index contributed by atoms with van der Waals surface area (Å²) < 4.78 is 0. The summed E-state index contributed by atoms with van der Waals surface area (Å²) in [5.41, 5.74) is 18.5. The fourth-order valence-corrected chi connectivity index (χ4v) is 4.63. The maximum Gasteiger partial charge on any atom is 0.244 e. The molecule has 178 valence electrons. The molecule has 35 heavy (non-hydrogen) atoms. The summed E-state index contributed by atoms with van der Waals surface area (Å²) in [7, 11) is 0. The van der Waals surface area contributed by atoms with Crippen LogP contribution < -0.4 is 21.7 Å². The first-order chi connectivity index (χ1) is 17.2. The lowest BCUT2D eigenvalue weighted by Gasteiger charge is -2.31. The van der Waals surface area contributed by atoms with Crippen LogP contribution in [0.2, 0.25) is 0 Å². The van der Waals surface area contributed by atoms with Gasteiger partial charge in [0, 0.05) is 12.6 Å². The highest BCUT2D eigenvalue weighted by atomic mass is 16.3. The standard InChI is InChI=1S/C29H30N4O2/c34-18-17-30-27(35)16-11-20-9-12-23(13-10-20)29(24-14-15-25-26(19-24)32-33-31-25)28(22-7-4-8-22)21-5-2-1-3-6-21/h1-3,5-6,9-16,19,22,31-34H,4,7-8,17-18H2,(H,30,35)/b16-11+,29-28-. The van der Waals surface area contributed by atoms with Crippen molar-refractivity contribution in [1.82, 2.24) is 10.9 Å². The molecular formula is C29H30N4O2. The normalized spacial score (nSPS) is 15.6. The van der Waals surface area contributed by atoms with E-state index in [1.807, 2.05) is 12.1 Å². The minimum Gasteiger partial charge on any atom is -0.395 e. The van der Waals surface area contributed by atoms with E-state index in [2.05, 4.69) is 82.4 Å². The Bertz CT molecular complexity index is 1250. The minimum absolute atomic E-state index is 0.0710. The van der Waals surface area contributed by atoms with Gasteiger partial charge in [0.25, 0.3) is 0 Å². The van der Waals surface area contributed by atoms with E-state index in [0.29, 0.717) is 5.92 Å². The molecule has 2 aliphatic rings. The number of fused-ring (bicyclic) bond motifs is 1. The molecule has 0 aromatic heterocycles. The fourth-order valence-electron chi connectivity index (χ4n) is 4.63. The Morgan fingerprint density at radius 3 is 2.37 bits per heavy atom. The van der Waals surface area contributed by atoms with Crippen LogP contribution in [-0.2, 0) is 4.79 Å². The van der Waals surface area contributed by atoms with Crippen LogP contribution in [0, 0.1) is 5.92 Å². The lowest BCUT2D eigenvalue weighted by Crippen LogP contribution is -2.24. The highest BCUT2D eigenvalue weighted by Crippen LogP contribution is 2.45. The van der Waals surface area contributed by atoms with Gasteiger partial charge in [-0.3, -0.25) is 4.79 Å². The molecule has 5 rings (SSSR count). The van der Waals surface area contributed by atoms with Gasteiger partial charge in [0.05, 0.1) is 18.0 Å². The molecule has 1 fully saturated rings. The second-order valence-corrected chi connectivity index (χ2v) is 8.89. The Morgan fingerprint density at radius 1 is 0.914 bits per heavy atom. The molecule has 1 saturated carbocycles. The van der Waals surface area contributed by atoms with Crippen LogP contribution in [0.3, 0.4) is 0 Å². The van der Waals surface area contributed by atoms with Crippen LogP contribution >= 0.6 is 0 Å². The third-order valence-electron chi connectivity index (χ3n) is 6.61. The number of amides is 1. The molecule has 0 spiro atoms. The van der Waals surface area contributed by atoms with E-state index in [0.717, 1.165) is 22.5 Å². The predicted octanol–water partition coefficient (Wildman–Crippen LogP) is 4.82. The first kappa shape index (κ1) is 22.9. The molecule has 1 aliphatic carbocycles. The van der Waals surface area contributed by atoms with Crippen LogP contribution in [0.1, 0.15) is 41.5 Å². The van der Waals surface area contributed by atoms with E-state index < -0.39 is 0 Å². The zero-order chi connectivity index (χ0) is 24.0. The molecule has 0 saturated heterocycles. The Kier molecular flexibility index (Phi) is 6.93. The van der Waals surface area contributed by atoms with E-state index in [-0.39, 0.29) is 19.1 Å². The van der Waals surface area contributed by atoms with Gasteiger partial charge >= 0.3 is 0 Å². The van der Waals surface area contributed by atoms with Crippen molar-refractivity contribution in [2.75, 3.05) is 24.0 Å². The number of hydrogen-bond acceptors (Lipinski definition) is 5. The van der Waals surface area contributed by atoms with E-state index in [9.17, 15) is 4.79 Å². The van der Waals surface area contributed by atoms with E-state index in [1.165, 1.54) is 47.6 Å². The monoisotopic (exact) mass is 466 g/mol. The van der Waals surface area contributed by atoms with Crippen molar-refractivity contribution in [3.8, 4) is 0 Å². The Morgan fingerprint density at radius 2 is 1.66 bits per heavy atom. The second-order valence-electron chi connectivity index (χ2n) is 8.89. The van der Waals surface area contributed by atoms with Crippen LogP contribution in [0.4, 0.5) is 11.4 Å². The summed E-state index contributed by atoms with van der Waals surface area (Å²) in [6, 6.07) is 25.5. The van der Waals surface area contributed by atoms with Crippen molar-refractivity contribution in [1.29, 1.82) is 0 Å². The molecule has 1 aliphatic heterocycles. The van der Waals surface area contributed by atoms with Gasteiger partial charge < -0.3 is 21.3 Å². The number of hydrogen-bond donors (Lipinski definition) is 5. The summed E-state index contributed by atoms with van der Waals surface area (Å²) in [6.45, 7) is 0.179.